The van der Waals surface area contributed by atoms with Gasteiger partial charge in [0.15, 0.2) is 0 Å². The van der Waals surface area contributed by atoms with E-state index in [2.05, 4.69) is 5.32 Å². The summed E-state index contributed by atoms with van der Waals surface area (Å²) >= 11 is 5.80. The number of benzene rings is 1. The highest BCUT2D eigenvalue weighted by Gasteiger charge is 2.22. The van der Waals surface area contributed by atoms with Gasteiger partial charge < -0.3 is 10.1 Å². The van der Waals surface area contributed by atoms with Gasteiger partial charge in [-0.2, -0.15) is 0 Å². The van der Waals surface area contributed by atoms with Crippen LogP contribution in [0.25, 0.3) is 0 Å². The predicted molar refractivity (Wildman–Crippen MR) is 67.1 cm³/mol. The summed E-state index contributed by atoms with van der Waals surface area (Å²) in [6.07, 6.45) is 2.40. The van der Waals surface area contributed by atoms with Crippen LogP contribution >= 0.6 is 11.6 Å². The maximum Gasteiger partial charge on any atom is 0.249 e. The van der Waals surface area contributed by atoms with E-state index >= 15 is 0 Å². The van der Waals surface area contributed by atoms with Crippen molar-refractivity contribution in [1.29, 1.82) is 0 Å². The Morgan fingerprint density at radius 3 is 2.82 bits per heavy atom. The molecular weight excluding hydrogens is 238 g/mol. The van der Waals surface area contributed by atoms with Crippen LogP contribution in [0.5, 0.6) is 0 Å². The molecule has 1 heterocycles. The molecule has 0 saturated carbocycles. The Balaban J connectivity index is 1.72. The number of nitrogens with one attached hydrogen (secondary N) is 1. The van der Waals surface area contributed by atoms with Crippen LogP contribution in [-0.2, 0) is 16.0 Å². The van der Waals surface area contributed by atoms with Crippen LogP contribution in [-0.4, -0.2) is 25.2 Å². The average molecular weight is 254 g/mol. The van der Waals surface area contributed by atoms with Crippen LogP contribution in [0.2, 0.25) is 5.02 Å². The smallest absolute Gasteiger partial charge is 0.249 e. The van der Waals surface area contributed by atoms with Gasteiger partial charge in [0.1, 0.15) is 6.10 Å². The number of hydrogen-bond acceptors (Lipinski definition) is 2. The lowest BCUT2D eigenvalue weighted by Crippen LogP contribution is -2.35. The third-order valence-corrected chi connectivity index (χ3v) is 3.10. The van der Waals surface area contributed by atoms with Crippen molar-refractivity contribution in [3.63, 3.8) is 0 Å². The summed E-state index contributed by atoms with van der Waals surface area (Å²) < 4.78 is 5.30. The molecule has 1 atom stereocenters. The molecule has 1 aliphatic heterocycles. The van der Waals surface area contributed by atoms with Gasteiger partial charge in [0, 0.05) is 18.2 Å². The summed E-state index contributed by atoms with van der Waals surface area (Å²) in [7, 11) is 0. The SMILES string of the molecule is O=C(NCCc1ccc(Cl)cc1)[C@@H]1CCCO1. The van der Waals surface area contributed by atoms with Crippen LogP contribution in [0.3, 0.4) is 0 Å². The molecule has 0 aromatic heterocycles. The zero-order chi connectivity index (χ0) is 12.1. The van der Waals surface area contributed by atoms with Gasteiger partial charge in [-0.05, 0) is 37.0 Å². The zero-order valence-corrected chi connectivity index (χ0v) is 10.4. The van der Waals surface area contributed by atoms with Crippen molar-refractivity contribution in [3.8, 4) is 0 Å². The minimum Gasteiger partial charge on any atom is -0.368 e. The number of ether oxygens (including phenoxy) is 1. The number of amides is 1. The fraction of sp³-hybridized carbons (Fsp3) is 0.462. The molecule has 17 heavy (non-hydrogen) atoms. The Labute approximate surface area is 106 Å². The van der Waals surface area contributed by atoms with Gasteiger partial charge in [-0.15, -0.1) is 0 Å². The quantitative estimate of drug-likeness (QED) is 0.893. The van der Waals surface area contributed by atoms with E-state index in [0.717, 1.165) is 24.3 Å². The molecule has 0 radical (unpaired) electrons. The van der Waals surface area contributed by atoms with E-state index in [4.69, 9.17) is 16.3 Å². The third-order valence-electron chi connectivity index (χ3n) is 2.85. The second kappa shape index (κ2) is 6.03. The Kier molecular flexibility index (Phi) is 4.40. The second-order valence-corrected chi connectivity index (χ2v) is 4.61. The second-order valence-electron chi connectivity index (χ2n) is 4.17. The van der Waals surface area contributed by atoms with Crippen LogP contribution in [0.1, 0.15) is 18.4 Å². The number of carbonyl (C=O) groups excluding carboxylic acids is 1. The van der Waals surface area contributed by atoms with Crippen molar-refractivity contribution in [2.24, 2.45) is 0 Å². The lowest BCUT2D eigenvalue weighted by molar-refractivity contribution is -0.129. The molecule has 0 aliphatic carbocycles. The molecule has 1 aromatic rings. The van der Waals surface area contributed by atoms with Gasteiger partial charge in [-0.25, -0.2) is 0 Å². The van der Waals surface area contributed by atoms with Crippen molar-refractivity contribution in [2.75, 3.05) is 13.2 Å². The molecule has 1 N–H and O–H groups in total. The first-order valence-corrected chi connectivity index (χ1v) is 6.27. The van der Waals surface area contributed by atoms with Crippen molar-refractivity contribution in [1.82, 2.24) is 5.32 Å². The fourth-order valence-corrected chi connectivity index (χ4v) is 2.01. The maximum atomic E-state index is 11.6. The maximum absolute atomic E-state index is 11.6. The fourth-order valence-electron chi connectivity index (χ4n) is 1.88. The molecule has 1 aliphatic rings. The lowest BCUT2D eigenvalue weighted by atomic mass is 10.1. The van der Waals surface area contributed by atoms with Crippen molar-refractivity contribution in [3.05, 3.63) is 34.9 Å². The lowest BCUT2D eigenvalue weighted by Gasteiger charge is -2.10. The molecule has 1 saturated heterocycles. The van der Waals surface area contributed by atoms with E-state index in [1.807, 2.05) is 24.3 Å². The Bertz CT molecular complexity index is 372. The Hall–Kier alpha value is -1.06. The van der Waals surface area contributed by atoms with Crippen molar-refractivity contribution in [2.45, 2.75) is 25.4 Å². The number of rotatable bonds is 4. The molecule has 0 unspecified atom stereocenters. The highest BCUT2D eigenvalue weighted by atomic mass is 35.5. The summed E-state index contributed by atoms with van der Waals surface area (Å²) in [5.74, 6) is 0.0106. The van der Waals surface area contributed by atoms with Crippen molar-refractivity contribution >= 4 is 17.5 Å². The summed E-state index contributed by atoms with van der Waals surface area (Å²) in [4.78, 5) is 11.6. The van der Waals surface area contributed by atoms with E-state index in [0.29, 0.717) is 13.2 Å². The van der Waals surface area contributed by atoms with Crippen LogP contribution in [0.4, 0.5) is 0 Å². The normalized spacial score (nSPS) is 19.2. The summed E-state index contributed by atoms with van der Waals surface area (Å²) in [5.41, 5.74) is 1.17. The predicted octanol–water partition coefficient (Wildman–Crippen LogP) is 2.18. The van der Waals surface area contributed by atoms with E-state index in [1.54, 1.807) is 0 Å². The van der Waals surface area contributed by atoms with E-state index in [-0.39, 0.29) is 12.0 Å². The Morgan fingerprint density at radius 2 is 2.18 bits per heavy atom. The van der Waals surface area contributed by atoms with E-state index < -0.39 is 0 Å². The number of carbonyl (C=O) groups is 1. The molecule has 1 fully saturated rings. The molecule has 1 aromatic carbocycles. The summed E-state index contributed by atoms with van der Waals surface area (Å²) in [6, 6.07) is 7.67. The van der Waals surface area contributed by atoms with E-state index in [9.17, 15) is 4.79 Å². The highest BCUT2D eigenvalue weighted by Crippen LogP contribution is 2.12. The topological polar surface area (TPSA) is 38.3 Å². The largest absolute Gasteiger partial charge is 0.368 e. The molecule has 4 heteroatoms. The van der Waals surface area contributed by atoms with Crippen LogP contribution in [0.15, 0.2) is 24.3 Å². The molecule has 0 bridgehead atoms. The van der Waals surface area contributed by atoms with E-state index in [1.165, 1.54) is 5.56 Å². The zero-order valence-electron chi connectivity index (χ0n) is 9.62. The molecule has 2 rings (SSSR count). The molecule has 0 spiro atoms. The molecule has 92 valence electrons. The van der Waals surface area contributed by atoms with Crippen molar-refractivity contribution < 1.29 is 9.53 Å². The Morgan fingerprint density at radius 1 is 1.41 bits per heavy atom. The number of hydrogen-bond donors (Lipinski definition) is 1. The van der Waals surface area contributed by atoms with Gasteiger partial charge in [0.2, 0.25) is 5.91 Å². The highest BCUT2D eigenvalue weighted by molar-refractivity contribution is 6.30. The number of halogens is 1. The van der Waals surface area contributed by atoms with Gasteiger partial charge in [-0.1, -0.05) is 23.7 Å². The average Bonchev–Trinajstić information content (AvgIpc) is 2.85. The first-order valence-electron chi connectivity index (χ1n) is 5.89. The van der Waals surface area contributed by atoms with Crippen LogP contribution in [0, 0.1) is 0 Å². The first-order chi connectivity index (χ1) is 8.25. The minimum atomic E-state index is -0.236. The monoisotopic (exact) mass is 253 g/mol. The third kappa shape index (κ3) is 3.72. The van der Waals surface area contributed by atoms with Gasteiger partial charge >= 0.3 is 0 Å². The van der Waals surface area contributed by atoms with Gasteiger partial charge in [-0.3, -0.25) is 4.79 Å². The molecule has 1 amide bonds. The molecular formula is C13H16ClNO2. The van der Waals surface area contributed by atoms with Crippen LogP contribution < -0.4 is 5.32 Å². The molecule has 3 nitrogen and oxygen atoms in total. The first kappa shape index (κ1) is 12.4. The minimum absolute atomic E-state index is 0.0106. The van der Waals surface area contributed by atoms with Gasteiger partial charge in [0.25, 0.3) is 0 Å². The standard InChI is InChI=1S/C13H16ClNO2/c14-11-5-3-10(4-6-11)7-8-15-13(16)12-2-1-9-17-12/h3-6,12H,1-2,7-9H2,(H,15,16)/t12-/m0/s1. The summed E-state index contributed by atoms with van der Waals surface area (Å²) in [5, 5.41) is 3.62. The summed E-state index contributed by atoms with van der Waals surface area (Å²) in [6.45, 7) is 1.34. The van der Waals surface area contributed by atoms with Gasteiger partial charge in [0.05, 0.1) is 0 Å².